The zero-order valence-corrected chi connectivity index (χ0v) is 17.6. The number of guanidine groups is 1. The summed E-state index contributed by atoms with van der Waals surface area (Å²) in [6.07, 6.45) is 9.23. The Balaban J connectivity index is 0.00000225. The van der Waals surface area contributed by atoms with Crippen LogP contribution in [0.25, 0.3) is 0 Å². The molecule has 25 heavy (non-hydrogen) atoms. The third-order valence-electron chi connectivity index (χ3n) is 5.33. The largest absolute Gasteiger partial charge is 0.378 e. The lowest BCUT2D eigenvalue weighted by Gasteiger charge is -2.19. The Morgan fingerprint density at radius 3 is 2.52 bits per heavy atom. The van der Waals surface area contributed by atoms with Crippen LogP contribution in [0.1, 0.15) is 50.5 Å². The quantitative estimate of drug-likeness (QED) is 0.270. The number of nitrogens with one attached hydrogen (secondary N) is 2. The lowest BCUT2D eigenvalue weighted by atomic mass is 9.96. The molecule has 0 aliphatic heterocycles. The predicted molar refractivity (Wildman–Crippen MR) is 115 cm³/mol. The van der Waals surface area contributed by atoms with Crippen molar-refractivity contribution >= 4 is 29.9 Å². The first kappa shape index (κ1) is 20.5. The van der Waals surface area contributed by atoms with Crippen molar-refractivity contribution < 1.29 is 4.74 Å². The molecular formula is C20H32IN3O. The first-order valence-corrected chi connectivity index (χ1v) is 9.44. The van der Waals surface area contributed by atoms with Gasteiger partial charge in [-0.2, -0.15) is 0 Å². The summed E-state index contributed by atoms with van der Waals surface area (Å²) in [7, 11) is 1.84. The summed E-state index contributed by atoms with van der Waals surface area (Å²) < 4.78 is 5.90. The summed E-state index contributed by atoms with van der Waals surface area (Å²) in [5, 5.41) is 6.91. The van der Waals surface area contributed by atoms with E-state index in [4.69, 9.17) is 4.74 Å². The van der Waals surface area contributed by atoms with Crippen LogP contribution in [0.3, 0.4) is 0 Å². The van der Waals surface area contributed by atoms with E-state index in [1.807, 2.05) is 7.05 Å². The standard InChI is InChI=1S/C20H31N3O.HI/c1-21-19(22-14-7-15-24-18-10-5-6-11-18)23-16-20(12-13-20)17-8-3-2-4-9-17;/h2-4,8-9,18H,5-7,10-16H2,1H3,(H2,21,22,23);1H. The van der Waals surface area contributed by atoms with Crippen molar-refractivity contribution in [3.63, 3.8) is 0 Å². The molecule has 0 unspecified atom stereocenters. The van der Waals surface area contributed by atoms with Crippen LogP contribution in [0.15, 0.2) is 35.3 Å². The average molecular weight is 457 g/mol. The lowest BCUT2D eigenvalue weighted by Crippen LogP contribution is -2.41. The lowest BCUT2D eigenvalue weighted by molar-refractivity contribution is 0.0574. The fraction of sp³-hybridized carbons (Fsp3) is 0.650. The second kappa shape index (κ2) is 10.4. The summed E-state index contributed by atoms with van der Waals surface area (Å²) in [5.74, 6) is 0.901. The van der Waals surface area contributed by atoms with Crippen molar-refractivity contribution in [1.29, 1.82) is 0 Å². The summed E-state index contributed by atoms with van der Waals surface area (Å²) >= 11 is 0. The molecule has 2 aliphatic rings. The molecule has 2 fully saturated rings. The van der Waals surface area contributed by atoms with Gasteiger partial charge in [-0.25, -0.2) is 0 Å². The highest BCUT2D eigenvalue weighted by molar-refractivity contribution is 14.0. The number of hydrogen-bond donors (Lipinski definition) is 2. The monoisotopic (exact) mass is 457 g/mol. The molecule has 0 spiro atoms. The van der Waals surface area contributed by atoms with Crippen LogP contribution in [0.5, 0.6) is 0 Å². The molecule has 5 heteroatoms. The Bertz CT molecular complexity index is 525. The Morgan fingerprint density at radius 1 is 1.16 bits per heavy atom. The zero-order valence-electron chi connectivity index (χ0n) is 15.3. The molecule has 2 saturated carbocycles. The molecule has 2 N–H and O–H groups in total. The minimum Gasteiger partial charge on any atom is -0.378 e. The van der Waals surface area contributed by atoms with Gasteiger partial charge in [0.2, 0.25) is 0 Å². The van der Waals surface area contributed by atoms with Gasteiger partial charge in [-0.1, -0.05) is 43.2 Å². The van der Waals surface area contributed by atoms with Gasteiger partial charge in [0.25, 0.3) is 0 Å². The maximum Gasteiger partial charge on any atom is 0.191 e. The topological polar surface area (TPSA) is 45.7 Å². The van der Waals surface area contributed by atoms with Gasteiger partial charge in [-0.05, 0) is 37.7 Å². The molecule has 140 valence electrons. The Morgan fingerprint density at radius 2 is 1.88 bits per heavy atom. The number of hydrogen-bond acceptors (Lipinski definition) is 2. The third-order valence-corrected chi connectivity index (χ3v) is 5.33. The van der Waals surface area contributed by atoms with Crippen molar-refractivity contribution in [3.05, 3.63) is 35.9 Å². The fourth-order valence-corrected chi connectivity index (χ4v) is 3.57. The molecule has 0 aromatic heterocycles. The van der Waals surface area contributed by atoms with Gasteiger partial charge in [0.05, 0.1) is 6.10 Å². The van der Waals surface area contributed by atoms with Gasteiger partial charge in [0, 0.05) is 32.2 Å². The highest BCUT2D eigenvalue weighted by Gasteiger charge is 2.43. The van der Waals surface area contributed by atoms with Crippen LogP contribution >= 0.6 is 24.0 Å². The molecule has 0 saturated heterocycles. The van der Waals surface area contributed by atoms with Gasteiger partial charge < -0.3 is 15.4 Å². The molecule has 4 nitrogen and oxygen atoms in total. The molecule has 0 radical (unpaired) electrons. The molecule has 0 bridgehead atoms. The molecule has 0 amide bonds. The Hall–Kier alpha value is -0.820. The van der Waals surface area contributed by atoms with E-state index < -0.39 is 0 Å². The van der Waals surface area contributed by atoms with Crippen LogP contribution in [0.2, 0.25) is 0 Å². The Kier molecular flexibility index (Phi) is 8.49. The maximum atomic E-state index is 5.90. The highest BCUT2D eigenvalue weighted by Crippen LogP contribution is 2.47. The molecule has 1 aromatic rings. The summed E-state index contributed by atoms with van der Waals surface area (Å²) in [4.78, 5) is 4.34. The van der Waals surface area contributed by atoms with E-state index >= 15 is 0 Å². The van der Waals surface area contributed by atoms with E-state index in [-0.39, 0.29) is 24.0 Å². The minimum absolute atomic E-state index is 0. The van der Waals surface area contributed by atoms with Gasteiger partial charge in [0.1, 0.15) is 0 Å². The SMILES string of the molecule is CN=C(NCCCOC1CCCC1)NCC1(c2ccccc2)CC1.I. The third kappa shape index (κ3) is 6.13. The second-order valence-electron chi connectivity index (χ2n) is 7.13. The molecule has 0 heterocycles. The van der Waals surface area contributed by atoms with E-state index in [0.29, 0.717) is 11.5 Å². The molecule has 1 aromatic carbocycles. The van der Waals surface area contributed by atoms with E-state index in [2.05, 4.69) is 46.0 Å². The first-order chi connectivity index (χ1) is 11.8. The molecular weight excluding hydrogens is 425 g/mol. The summed E-state index contributed by atoms with van der Waals surface area (Å²) in [5.41, 5.74) is 1.75. The number of nitrogens with zero attached hydrogens (tertiary/aromatic N) is 1. The summed E-state index contributed by atoms with van der Waals surface area (Å²) in [6.45, 7) is 2.71. The summed E-state index contributed by atoms with van der Waals surface area (Å²) in [6, 6.07) is 10.8. The van der Waals surface area contributed by atoms with Crippen LogP contribution in [-0.2, 0) is 10.2 Å². The van der Waals surface area contributed by atoms with Gasteiger partial charge in [-0.15, -0.1) is 24.0 Å². The minimum atomic E-state index is 0. The smallest absolute Gasteiger partial charge is 0.191 e. The normalized spacial score (nSPS) is 19.3. The predicted octanol–water partition coefficient (Wildman–Crippen LogP) is 3.85. The van der Waals surface area contributed by atoms with Crippen molar-refractivity contribution in [1.82, 2.24) is 10.6 Å². The molecule has 2 aliphatic carbocycles. The first-order valence-electron chi connectivity index (χ1n) is 9.44. The van der Waals surface area contributed by atoms with Crippen LogP contribution in [-0.4, -0.2) is 38.8 Å². The molecule has 0 atom stereocenters. The fourth-order valence-electron chi connectivity index (χ4n) is 3.57. The van der Waals surface area contributed by atoms with E-state index in [0.717, 1.165) is 32.1 Å². The number of halogens is 1. The van der Waals surface area contributed by atoms with Crippen molar-refractivity contribution in [2.45, 2.75) is 56.5 Å². The van der Waals surface area contributed by atoms with E-state index in [1.165, 1.54) is 44.1 Å². The van der Waals surface area contributed by atoms with E-state index in [9.17, 15) is 0 Å². The van der Waals surface area contributed by atoms with Crippen molar-refractivity contribution in [3.8, 4) is 0 Å². The Labute approximate surface area is 169 Å². The number of aliphatic imine (C=N–C) groups is 1. The molecule has 3 rings (SSSR count). The van der Waals surface area contributed by atoms with Gasteiger partial charge in [-0.3, -0.25) is 4.99 Å². The van der Waals surface area contributed by atoms with Gasteiger partial charge >= 0.3 is 0 Å². The van der Waals surface area contributed by atoms with Gasteiger partial charge in [0.15, 0.2) is 5.96 Å². The van der Waals surface area contributed by atoms with Crippen LogP contribution in [0.4, 0.5) is 0 Å². The van der Waals surface area contributed by atoms with E-state index in [1.54, 1.807) is 0 Å². The van der Waals surface area contributed by atoms with Crippen LogP contribution < -0.4 is 10.6 Å². The average Bonchev–Trinajstić information content (AvgIpc) is 3.24. The van der Waals surface area contributed by atoms with Crippen molar-refractivity contribution in [2.75, 3.05) is 26.7 Å². The number of ether oxygens (including phenoxy) is 1. The number of rotatable bonds is 8. The maximum absolute atomic E-state index is 5.90. The van der Waals surface area contributed by atoms with Crippen molar-refractivity contribution in [2.24, 2.45) is 4.99 Å². The highest BCUT2D eigenvalue weighted by atomic mass is 127. The van der Waals surface area contributed by atoms with Crippen LogP contribution in [0, 0.1) is 0 Å². The zero-order chi connectivity index (χ0) is 16.7. The number of benzene rings is 1. The second-order valence-corrected chi connectivity index (χ2v) is 7.13.